The number of benzene rings is 2. The van der Waals surface area contributed by atoms with Gasteiger partial charge in [0.1, 0.15) is 17.6 Å². The largest absolute Gasteiger partial charge is 1.00 e. The van der Waals surface area contributed by atoms with E-state index in [-0.39, 0.29) is 73.0 Å². The number of fused-ring (bicyclic) bond motifs is 1. The Labute approximate surface area is 404 Å². The summed E-state index contributed by atoms with van der Waals surface area (Å²) < 4.78 is 22.6. The number of amides is 4. The molecule has 3 fully saturated rings. The van der Waals surface area contributed by atoms with Gasteiger partial charge >= 0.3 is 18.9 Å². The molecule has 346 valence electrons. The van der Waals surface area contributed by atoms with Crippen molar-refractivity contribution in [2.24, 2.45) is 5.41 Å². The van der Waals surface area contributed by atoms with Crippen molar-refractivity contribution in [2.45, 2.75) is 77.4 Å². The van der Waals surface area contributed by atoms with Gasteiger partial charge in [-0.1, -0.05) is 37.5 Å². The molecule has 3 aliphatic heterocycles. The van der Waals surface area contributed by atoms with Gasteiger partial charge in [-0.05, 0) is 92.1 Å². The summed E-state index contributed by atoms with van der Waals surface area (Å²) in [6.07, 6.45) is 10.4. The first-order chi connectivity index (χ1) is 31.8. The number of piperazine rings is 1. The number of pyridine rings is 2. The molecule has 0 saturated carbocycles. The fraction of sp³-hybridized carbons (Fsp3) is 0.392. The number of imide groups is 1. The number of carbonyl (C=O) groups excluding carboxylic acids is 4. The molecule has 0 radical (unpaired) electrons. The molecule has 3 saturated heterocycles. The predicted molar refractivity (Wildman–Crippen MR) is 249 cm³/mol. The number of likely N-dealkylation sites (tertiary alicyclic amines) is 1. The second kappa shape index (κ2) is 22.6. The van der Waals surface area contributed by atoms with Crippen LogP contribution in [0.4, 0.5) is 10.1 Å². The second-order valence-electron chi connectivity index (χ2n) is 17.7. The van der Waals surface area contributed by atoms with Crippen LogP contribution < -0.4 is 39.1 Å². The van der Waals surface area contributed by atoms with Crippen molar-refractivity contribution in [3.63, 3.8) is 0 Å². The van der Waals surface area contributed by atoms with E-state index in [0.717, 1.165) is 59.4 Å². The van der Waals surface area contributed by atoms with E-state index in [2.05, 4.69) is 87.0 Å². The molecule has 16 heteroatoms. The first-order valence-corrected chi connectivity index (χ1v) is 22.6. The molecule has 2 aromatic carbocycles. The van der Waals surface area contributed by atoms with Crippen molar-refractivity contribution < 1.29 is 47.2 Å². The van der Waals surface area contributed by atoms with Crippen molar-refractivity contribution in [3.8, 4) is 34.1 Å². The summed E-state index contributed by atoms with van der Waals surface area (Å²) in [5.41, 5.74) is 6.27. The molecule has 0 bridgehead atoms. The van der Waals surface area contributed by atoms with Crippen LogP contribution in [0.15, 0.2) is 79.3 Å². The van der Waals surface area contributed by atoms with Crippen LogP contribution in [0.2, 0.25) is 0 Å². The Balaban J connectivity index is 0.000000503. The minimum Gasteiger partial charge on any atom is -0.480 e. The van der Waals surface area contributed by atoms with Gasteiger partial charge in [0.05, 0.1) is 23.8 Å². The summed E-state index contributed by atoms with van der Waals surface area (Å²) in [7, 11) is 0. The third-order valence-electron chi connectivity index (χ3n) is 12.8. The average Bonchev–Trinajstić information content (AvgIpc) is 3.76. The van der Waals surface area contributed by atoms with Gasteiger partial charge in [-0.15, -0.1) is 5.56 Å². The summed E-state index contributed by atoms with van der Waals surface area (Å²) in [5.74, 6) is -0.737. The maximum absolute atomic E-state index is 15.2. The molecular weight excluding hydrogens is 845 g/mol. The maximum Gasteiger partial charge on any atom is 1.00 e. The quantitative estimate of drug-likeness (QED) is 0.108. The number of hydrogen-bond donors (Lipinski definition) is 2. The molecule has 6 heterocycles. The molecule has 0 spiro atoms. The van der Waals surface area contributed by atoms with Gasteiger partial charge in [-0.25, -0.2) is 8.91 Å². The number of anilines is 1. The molecule has 5 aromatic rings. The van der Waals surface area contributed by atoms with Crippen LogP contribution in [0.1, 0.15) is 76.3 Å². The zero-order chi connectivity index (χ0) is 47.0. The number of rotatable bonds is 12. The zero-order valence-corrected chi connectivity index (χ0v) is 38.9. The van der Waals surface area contributed by atoms with Crippen molar-refractivity contribution in [1.29, 1.82) is 5.26 Å². The minimum absolute atomic E-state index is 0. The summed E-state index contributed by atoms with van der Waals surface area (Å²) in [5, 5.41) is 19.2. The number of nitriles is 1. The Kier molecular flexibility index (Phi) is 17.0. The zero-order valence-electron chi connectivity index (χ0n) is 38.9. The Hall–Kier alpha value is -6.06. The van der Waals surface area contributed by atoms with E-state index in [1.54, 1.807) is 35.1 Å². The summed E-state index contributed by atoms with van der Waals surface area (Å²) in [6, 6.07) is 21.3. The Morgan fingerprint density at radius 2 is 1.69 bits per heavy atom. The number of nitrogens with one attached hydrogen (secondary N) is 2. The number of halogens is 1. The number of piperidine rings is 2. The van der Waals surface area contributed by atoms with E-state index < -0.39 is 17.4 Å². The van der Waals surface area contributed by atoms with Gasteiger partial charge in [0.15, 0.2) is 6.10 Å². The van der Waals surface area contributed by atoms with Gasteiger partial charge in [-0.2, -0.15) is 35.3 Å². The molecule has 14 nitrogen and oxygen atoms in total. The first-order valence-electron chi connectivity index (χ1n) is 22.6. The number of ether oxygens (including phenoxy) is 1. The van der Waals surface area contributed by atoms with Gasteiger partial charge < -0.3 is 38.7 Å². The topological polar surface area (TPSA) is 165 Å². The van der Waals surface area contributed by atoms with Crippen molar-refractivity contribution in [1.82, 2.24) is 35.0 Å². The van der Waals surface area contributed by atoms with Crippen LogP contribution in [0.5, 0.6) is 5.75 Å². The van der Waals surface area contributed by atoms with Crippen molar-refractivity contribution in [3.05, 3.63) is 116 Å². The van der Waals surface area contributed by atoms with Gasteiger partial charge in [0.25, 0.3) is 5.91 Å². The van der Waals surface area contributed by atoms with Crippen LogP contribution in [-0.2, 0) is 19.2 Å². The van der Waals surface area contributed by atoms with Crippen molar-refractivity contribution in [2.75, 3.05) is 50.7 Å². The Bertz CT molecular complexity index is 2560. The van der Waals surface area contributed by atoms with Gasteiger partial charge in [0, 0.05) is 68.6 Å². The van der Waals surface area contributed by atoms with Crippen LogP contribution in [0.3, 0.4) is 0 Å². The van der Waals surface area contributed by atoms with E-state index in [1.165, 1.54) is 6.07 Å². The molecule has 8 rings (SSSR count). The van der Waals surface area contributed by atoms with Crippen molar-refractivity contribution >= 4 is 34.8 Å². The molecule has 3 aromatic heterocycles. The van der Waals surface area contributed by atoms with Crippen LogP contribution >= 0.6 is 0 Å². The normalized spacial score (nSPS) is 17.0. The maximum atomic E-state index is 15.2. The Morgan fingerprint density at radius 1 is 0.970 bits per heavy atom. The molecular formula is C51H57FLiN9O5-2. The summed E-state index contributed by atoms with van der Waals surface area (Å²) in [6.45, 7) is 17.8. The SMILES string of the molecule is N#Cc1cnn2cc(-c3ccc(N4CCN(C(=O)CN5CCC(c6ccc(OC7CCC(=O)NC7=O)cc6F)CC5)CC4)cc3)cc(-c3cc[c-]nc3)c12.[CH2-]CC(C)(C[CH2-])C(=O)NC(C)C.[Li+]. The van der Waals surface area contributed by atoms with E-state index in [0.29, 0.717) is 56.7 Å². The molecule has 2 N–H and O–H groups in total. The van der Waals surface area contributed by atoms with Gasteiger partial charge in [0.2, 0.25) is 17.7 Å². The summed E-state index contributed by atoms with van der Waals surface area (Å²) in [4.78, 5) is 58.8. The fourth-order valence-corrected chi connectivity index (χ4v) is 8.48. The molecule has 4 amide bonds. The smallest absolute Gasteiger partial charge is 0.480 e. The molecule has 1 unspecified atom stereocenters. The Morgan fingerprint density at radius 3 is 2.30 bits per heavy atom. The third-order valence-corrected chi connectivity index (χ3v) is 12.8. The first kappa shape index (κ1) is 50.4. The standard InChI is InChI=1S/C41H38FN8O4.C10H19NO.Li/c42-36-21-33(54-37-9-10-38(51)46-41(37)53)7-8-34(36)28-11-14-47(15-12-28)26-39(52)49-18-16-48(17-19-49)32-5-3-27(4-6-32)30-20-35(29-2-1-13-44-23-29)40-31(22-43)24-45-50(40)25-30;1-6-10(5,7-2)9(12)11-8(3)4;/h1-8,20-21,23-25,28,37H,9-12,14-19,26H2,(H,46,51,53);8H,1-2,6-7H2,3-5H3,(H,11,12);/q-1;-2;+1. The molecule has 0 aliphatic carbocycles. The third kappa shape index (κ3) is 12.1. The number of hydrogen-bond acceptors (Lipinski definition) is 10. The van der Waals surface area contributed by atoms with E-state index in [1.807, 2.05) is 37.9 Å². The number of carbonyl (C=O) groups is 4. The number of aromatic nitrogens is 3. The number of nitrogens with zero attached hydrogens (tertiary/aromatic N) is 7. The van der Waals surface area contributed by atoms with Crippen LogP contribution in [-0.4, -0.2) is 106 Å². The molecule has 3 aliphatic rings. The fourth-order valence-electron chi connectivity index (χ4n) is 8.48. The average molecular weight is 902 g/mol. The minimum atomic E-state index is -0.813. The predicted octanol–water partition coefficient (Wildman–Crippen LogP) is 3.56. The van der Waals surface area contributed by atoms with E-state index in [4.69, 9.17) is 4.74 Å². The molecule has 67 heavy (non-hydrogen) atoms. The van der Waals surface area contributed by atoms with E-state index >= 15 is 4.39 Å². The van der Waals surface area contributed by atoms with Crippen LogP contribution in [0, 0.1) is 42.6 Å². The second-order valence-corrected chi connectivity index (χ2v) is 17.7. The monoisotopic (exact) mass is 901 g/mol. The van der Waals surface area contributed by atoms with Crippen LogP contribution in [0.25, 0.3) is 27.8 Å². The van der Waals surface area contributed by atoms with Gasteiger partial charge in [-0.3, -0.25) is 29.4 Å². The van der Waals surface area contributed by atoms with E-state index in [9.17, 15) is 24.4 Å². The summed E-state index contributed by atoms with van der Waals surface area (Å²) >= 11 is 0. The molecule has 1 atom stereocenters.